The molecule has 0 unspecified atom stereocenters. The summed E-state index contributed by atoms with van der Waals surface area (Å²) in [4.78, 5) is 0. The van der Waals surface area contributed by atoms with Crippen LogP contribution in [0.5, 0.6) is 0 Å². The molecule has 0 spiro atoms. The van der Waals surface area contributed by atoms with E-state index in [4.69, 9.17) is 0 Å². The van der Waals surface area contributed by atoms with E-state index in [1.54, 1.807) is 6.07 Å². The van der Waals surface area contributed by atoms with Crippen LogP contribution < -0.4 is 0 Å². The highest BCUT2D eigenvalue weighted by atomic mass is 19.3. The Hall–Kier alpha value is -1.45. The molecule has 0 fully saturated rings. The molecule has 4 heteroatoms. The minimum Gasteiger partial charge on any atom is -0.342 e. The fourth-order valence-electron chi connectivity index (χ4n) is 1.48. The first-order valence-electron chi connectivity index (χ1n) is 4.19. The Kier molecular flexibility index (Phi) is 2.19. The second-order valence-electron chi connectivity index (χ2n) is 3.06. The molecular formula is C10H8F3N. The fourth-order valence-corrected chi connectivity index (χ4v) is 1.48. The Morgan fingerprint density at radius 1 is 1.21 bits per heavy atom. The lowest BCUT2D eigenvalue weighted by Gasteiger charge is -2.03. The van der Waals surface area contributed by atoms with E-state index in [1.165, 1.54) is 29.0 Å². The number of rotatable bonds is 2. The zero-order valence-electron chi connectivity index (χ0n) is 7.25. The van der Waals surface area contributed by atoms with Crippen molar-refractivity contribution in [1.82, 2.24) is 4.57 Å². The van der Waals surface area contributed by atoms with Crippen LogP contribution in [0.25, 0.3) is 10.9 Å². The predicted octanol–water partition coefficient (Wildman–Crippen LogP) is 3.05. The van der Waals surface area contributed by atoms with Crippen molar-refractivity contribution in [1.29, 1.82) is 0 Å². The number of halogens is 3. The van der Waals surface area contributed by atoms with Crippen molar-refractivity contribution < 1.29 is 13.2 Å². The van der Waals surface area contributed by atoms with Crippen LogP contribution >= 0.6 is 0 Å². The van der Waals surface area contributed by atoms with Gasteiger partial charge in [-0.1, -0.05) is 0 Å². The van der Waals surface area contributed by atoms with Gasteiger partial charge in [0.25, 0.3) is 6.43 Å². The molecule has 0 bridgehead atoms. The van der Waals surface area contributed by atoms with E-state index in [-0.39, 0.29) is 12.4 Å². The SMILES string of the molecule is Fc1ccc2c(ccn2CC(F)F)c1. The van der Waals surface area contributed by atoms with Crippen LogP contribution in [0, 0.1) is 5.82 Å². The maximum absolute atomic E-state index is 12.8. The summed E-state index contributed by atoms with van der Waals surface area (Å²) in [6, 6.07) is 5.73. The molecule has 0 amide bonds. The average Bonchev–Trinajstić information content (AvgIpc) is 2.47. The number of alkyl halides is 2. The Balaban J connectivity index is 2.47. The summed E-state index contributed by atoms with van der Waals surface area (Å²) in [5, 5.41) is 0.644. The lowest BCUT2D eigenvalue weighted by Crippen LogP contribution is -2.04. The second-order valence-corrected chi connectivity index (χ2v) is 3.06. The van der Waals surface area contributed by atoms with Crippen molar-refractivity contribution in [2.24, 2.45) is 0 Å². The molecule has 0 aliphatic heterocycles. The fraction of sp³-hybridized carbons (Fsp3) is 0.200. The maximum atomic E-state index is 12.8. The summed E-state index contributed by atoms with van der Waals surface area (Å²) >= 11 is 0. The molecule has 0 atom stereocenters. The molecule has 2 aromatic rings. The molecule has 1 nitrogen and oxygen atoms in total. The highest BCUT2D eigenvalue weighted by molar-refractivity contribution is 5.80. The van der Waals surface area contributed by atoms with Gasteiger partial charge in [-0.15, -0.1) is 0 Å². The van der Waals surface area contributed by atoms with E-state index in [9.17, 15) is 13.2 Å². The van der Waals surface area contributed by atoms with E-state index < -0.39 is 6.43 Å². The zero-order valence-corrected chi connectivity index (χ0v) is 7.25. The largest absolute Gasteiger partial charge is 0.342 e. The summed E-state index contributed by atoms with van der Waals surface area (Å²) in [6.07, 6.45) is -0.855. The van der Waals surface area contributed by atoms with Crippen molar-refractivity contribution in [3.63, 3.8) is 0 Å². The van der Waals surface area contributed by atoms with E-state index >= 15 is 0 Å². The molecule has 0 aliphatic carbocycles. The van der Waals surface area contributed by atoms with Gasteiger partial charge >= 0.3 is 0 Å². The highest BCUT2D eigenvalue weighted by Crippen LogP contribution is 2.17. The van der Waals surface area contributed by atoms with Crippen LogP contribution in [-0.4, -0.2) is 11.0 Å². The molecule has 74 valence electrons. The maximum Gasteiger partial charge on any atom is 0.256 e. The Morgan fingerprint density at radius 3 is 2.71 bits per heavy atom. The van der Waals surface area contributed by atoms with Gasteiger partial charge in [-0.2, -0.15) is 0 Å². The lowest BCUT2D eigenvalue weighted by atomic mass is 10.2. The van der Waals surface area contributed by atoms with Crippen LogP contribution in [0.15, 0.2) is 30.5 Å². The molecular weight excluding hydrogens is 191 g/mol. The van der Waals surface area contributed by atoms with Gasteiger partial charge in [-0.25, -0.2) is 13.2 Å². The standard InChI is InChI=1S/C10H8F3N/c11-8-1-2-9-7(5-8)3-4-14(9)6-10(12)13/h1-5,10H,6H2. The highest BCUT2D eigenvalue weighted by Gasteiger charge is 2.07. The quantitative estimate of drug-likeness (QED) is 0.700. The summed E-state index contributed by atoms with van der Waals surface area (Å²) in [5.74, 6) is -0.354. The van der Waals surface area contributed by atoms with Gasteiger partial charge in [-0.3, -0.25) is 0 Å². The van der Waals surface area contributed by atoms with Crippen molar-refractivity contribution in [3.05, 3.63) is 36.3 Å². The molecule has 0 aliphatic rings. The molecule has 0 saturated carbocycles. The number of hydrogen-bond donors (Lipinski definition) is 0. The van der Waals surface area contributed by atoms with Crippen LogP contribution in [0.2, 0.25) is 0 Å². The molecule has 1 aromatic heterocycles. The summed E-state index contributed by atoms with van der Waals surface area (Å²) in [5.41, 5.74) is 0.631. The molecule has 1 heterocycles. The Labute approximate surface area is 78.8 Å². The molecule has 14 heavy (non-hydrogen) atoms. The van der Waals surface area contributed by atoms with Gasteiger partial charge in [0.1, 0.15) is 5.82 Å². The third-order valence-electron chi connectivity index (χ3n) is 2.07. The van der Waals surface area contributed by atoms with Gasteiger partial charge in [0.2, 0.25) is 0 Å². The minimum absolute atomic E-state index is 0.352. The Bertz CT molecular complexity index is 448. The first-order chi connectivity index (χ1) is 6.66. The lowest BCUT2D eigenvalue weighted by molar-refractivity contribution is 0.128. The Morgan fingerprint density at radius 2 is 2.00 bits per heavy atom. The monoisotopic (exact) mass is 199 g/mol. The summed E-state index contributed by atoms with van der Waals surface area (Å²) in [6.45, 7) is -0.352. The number of fused-ring (bicyclic) bond motifs is 1. The van der Waals surface area contributed by atoms with E-state index in [2.05, 4.69) is 0 Å². The van der Waals surface area contributed by atoms with Gasteiger partial charge in [0.15, 0.2) is 0 Å². The second kappa shape index (κ2) is 3.36. The molecule has 0 N–H and O–H groups in total. The average molecular weight is 199 g/mol. The number of aromatic nitrogens is 1. The molecule has 0 saturated heterocycles. The molecule has 0 radical (unpaired) electrons. The normalized spacial score (nSPS) is 11.4. The number of nitrogens with zero attached hydrogens (tertiary/aromatic N) is 1. The smallest absolute Gasteiger partial charge is 0.256 e. The summed E-state index contributed by atoms with van der Waals surface area (Å²) in [7, 11) is 0. The van der Waals surface area contributed by atoms with Crippen molar-refractivity contribution >= 4 is 10.9 Å². The van der Waals surface area contributed by atoms with Gasteiger partial charge in [-0.05, 0) is 24.3 Å². The summed E-state index contributed by atoms with van der Waals surface area (Å²) < 4.78 is 38.4. The first-order valence-corrected chi connectivity index (χ1v) is 4.19. The third-order valence-corrected chi connectivity index (χ3v) is 2.07. The van der Waals surface area contributed by atoms with Crippen LogP contribution in [-0.2, 0) is 6.54 Å². The van der Waals surface area contributed by atoms with E-state index in [0.717, 1.165) is 0 Å². The van der Waals surface area contributed by atoms with Gasteiger partial charge in [0, 0.05) is 17.1 Å². The van der Waals surface area contributed by atoms with Gasteiger partial charge < -0.3 is 4.57 Å². The van der Waals surface area contributed by atoms with Crippen LogP contribution in [0.1, 0.15) is 0 Å². The number of benzene rings is 1. The van der Waals surface area contributed by atoms with Crippen molar-refractivity contribution in [2.45, 2.75) is 13.0 Å². The van der Waals surface area contributed by atoms with Crippen LogP contribution in [0.3, 0.4) is 0 Å². The van der Waals surface area contributed by atoms with Crippen molar-refractivity contribution in [3.8, 4) is 0 Å². The van der Waals surface area contributed by atoms with Crippen LogP contribution in [0.4, 0.5) is 13.2 Å². The van der Waals surface area contributed by atoms with Crippen molar-refractivity contribution in [2.75, 3.05) is 0 Å². The third kappa shape index (κ3) is 1.60. The topological polar surface area (TPSA) is 4.93 Å². The zero-order chi connectivity index (χ0) is 10.1. The predicted molar refractivity (Wildman–Crippen MR) is 47.9 cm³/mol. The van der Waals surface area contributed by atoms with Gasteiger partial charge in [0.05, 0.1) is 6.54 Å². The minimum atomic E-state index is -2.39. The van der Waals surface area contributed by atoms with E-state index in [0.29, 0.717) is 10.9 Å². The first kappa shape index (κ1) is 9.12. The number of hydrogen-bond acceptors (Lipinski definition) is 0. The molecule has 1 aromatic carbocycles. The van der Waals surface area contributed by atoms with E-state index in [1.807, 2.05) is 0 Å². The molecule has 2 rings (SSSR count).